The first kappa shape index (κ1) is 15.6. The van der Waals surface area contributed by atoms with Gasteiger partial charge in [0.15, 0.2) is 4.96 Å². The molecule has 0 saturated heterocycles. The zero-order valence-corrected chi connectivity index (χ0v) is 15.8. The standard InChI is InChI=1S/C18H13IN2O2S/c1-2-23-15-8-7-11(9-12(15)19)10-16-17(22)21-14-6-4-3-5-13(14)20-18(21)24-16/h3-10H,2H2,1H3/b16-10-. The van der Waals surface area contributed by atoms with Crippen LogP contribution in [0.4, 0.5) is 0 Å². The predicted molar refractivity (Wildman–Crippen MR) is 106 cm³/mol. The van der Waals surface area contributed by atoms with Crippen molar-refractivity contribution in [2.24, 2.45) is 0 Å². The van der Waals surface area contributed by atoms with Gasteiger partial charge in [-0.05, 0) is 65.4 Å². The number of aromatic nitrogens is 2. The highest BCUT2D eigenvalue weighted by molar-refractivity contribution is 14.1. The first-order valence-corrected chi connectivity index (χ1v) is 9.41. The molecule has 0 atom stereocenters. The number of para-hydroxylation sites is 2. The highest BCUT2D eigenvalue weighted by Gasteiger charge is 2.10. The van der Waals surface area contributed by atoms with Crippen LogP contribution in [0.2, 0.25) is 0 Å². The van der Waals surface area contributed by atoms with E-state index in [4.69, 9.17) is 4.74 Å². The molecular formula is C18H13IN2O2S. The van der Waals surface area contributed by atoms with Gasteiger partial charge in [-0.25, -0.2) is 9.38 Å². The Hall–Kier alpha value is -1.93. The third-order valence-corrected chi connectivity index (χ3v) is 5.51. The van der Waals surface area contributed by atoms with Crippen LogP contribution in [0.5, 0.6) is 5.75 Å². The Balaban J connectivity index is 1.87. The molecule has 0 unspecified atom stereocenters. The first-order valence-electron chi connectivity index (χ1n) is 7.51. The Morgan fingerprint density at radius 2 is 2.12 bits per heavy atom. The molecule has 6 heteroatoms. The molecule has 0 spiro atoms. The van der Waals surface area contributed by atoms with E-state index in [-0.39, 0.29) is 5.56 Å². The molecule has 4 aromatic rings. The van der Waals surface area contributed by atoms with E-state index in [0.717, 1.165) is 30.9 Å². The highest BCUT2D eigenvalue weighted by Crippen LogP contribution is 2.22. The monoisotopic (exact) mass is 448 g/mol. The Morgan fingerprint density at radius 3 is 2.92 bits per heavy atom. The lowest BCUT2D eigenvalue weighted by molar-refractivity contribution is 0.338. The van der Waals surface area contributed by atoms with Crippen molar-refractivity contribution in [3.63, 3.8) is 0 Å². The van der Waals surface area contributed by atoms with E-state index in [9.17, 15) is 4.79 Å². The Kier molecular flexibility index (Phi) is 4.01. The van der Waals surface area contributed by atoms with Gasteiger partial charge in [0.05, 0.1) is 25.7 Å². The van der Waals surface area contributed by atoms with E-state index >= 15 is 0 Å². The summed E-state index contributed by atoms with van der Waals surface area (Å²) in [4.78, 5) is 18.0. The second kappa shape index (κ2) is 6.18. The van der Waals surface area contributed by atoms with Crippen molar-refractivity contribution < 1.29 is 4.74 Å². The van der Waals surface area contributed by atoms with E-state index in [0.29, 0.717) is 11.1 Å². The van der Waals surface area contributed by atoms with Gasteiger partial charge in [-0.2, -0.15) is 0 Å². The van der Waals surface area contributed by atoms with Crippen LogP contribution in [0.25, 0.3) is 22.1 Å². The number of fused-ring (bicyclic) bond motifs is 3. The molecule has 0 fully saturated rings. The van der Waals surface area contributed by atoms with Crippen molar-refractivity contribution in [2.75, 3.05) is 6.61 Å². The molecule has 0 N–H and O–H groups in total. The smallest absolute Gasteiger partial charge is 0.274 e. The maximum absolute atomic E-state index is 12.7. The third-order valence-electron chi connectivity index (χ3n) is 3.70. The number of halogens is 1. The van der Waals surface area contributed by atoms with Crippen molar-refractivity contribution in [1.29, 1.82) is 0 Å². The van der Waals surface area contributed by atoms with Crippen molar-refractivity contribution in [1.82, 2.24) is 9.38 Å². The molecule has 120 valence electrons. The Bertz CT molecular complexity index is 1160. The number of rotatable bonds is 3. The molecule has 2 heterocycles. The van der Waals surface area contributed by atoms with Gasteiger partial charge in [0.1, 0.15) is 5.75 Å². The summed E-state index contributed by atoms with van der Waals surface area (Å²) < 4.78 is 8.95. The van der Waals surface area contributed by atoms with Crippen LogP contribution in [-0.4, -0.2) is 16.0 Å². The van der Waals surface area contributed by atoms with Crippen LogP contribution in [0.3, 0.4) is 0 Å². The van der Waals surface area contributed by atoms with Crippen LogP contribution in [-0.2, 0) is 0 Å². The molecule has 0 radical (unpaired) electrons. The van der Waals surface area contributed by atoms with E-state index in [2.05, 4.69) is 27.6 Å². The normalized spacial score (nSPS) is 12.3. The fraction of sp³-hybridized carbons (Fsp3) is 0.111. The number of thiazole rings is 1. The number of nitrogens with zero attached hydrogens (tertiary/aromatic N) is 2. The van der Waals surface area contributed by atoms with Crippen LogP contribution >= 0.6 is 33.9 Å². The minimum atomic E-state index is -0.0207. The molecule has 0 saturated carbocycles. The number of imidazole rings is 1. The summed E-state index contributed by atoms with van der Waals surface area (Å²) in [7, 11) is 0. The lowest BCUT2D eigenvalue weighted by atomic mass is 10.2. The molecule has 2 aromatic heterocycles. The van der Waals surface area contributed by atoms with Gasteiger partial charge in [-0.15, -0.1) is 0 Å². The number of benzene rings is 2. The summed E-state index contributed by atoms with van der Waals surface area (Å²) in [6.45, 7) is 2.60. The molecule has 0 aliphatic carbocycles. The molecule has 0 bridgehead atoms. The second-order valence-corrected chi connectivity index (χ2v) is 7.43. The molecule has 4 nitrogen and oxygen atoms in total. The maximum Gasteiger partial charge on any atom is 0.274 e. The molecule has 4 rings (SSSR count). The lowest BCUT2D eigenvalue weighted by Gasteiger charge is -2.05. The fourth-order valence-corrected chi connectivity index (χ4v) is 4.32. The first-order chi connectivity index (χ1) is 11.7. The average Bonchev–Trinajstić information content (AvgIpc) is 3.07. The van der Waals surface area contributed by atoms with Gasteiger partial charge < -0.3 is 4.74 Å². The van der Waals surface area contributed by atoms with Crippen LogP contribution in [0.1, 0.15) is 12.5 Å². The SMILES string of the molecule is CCOc1ccc(/C=c2\sc3nc4ccccc4n3c2=O)cc1I. The quantitative estimate of drug-likeness (QED) is 0.451. The maximum atomic E-state index is 12.7. The van der Waals surface area contributed by atoms with Gasteiger partial charge >= 0.3 is 0 Å². The van der Waals surface area contributed by atoms with E-state index < -0.39 is 0 Å². The molecule has 0 amide bonds. The van der Waals surface area contributed by atoms with Crippen molar-refractivity contribution in [2.45, 2.75) is 6.92 Å². The largest absolute Gasteiger partial charge is 0.493 e. The summed E-state index contributed by atoms with van der Waals surface area (Å²) in [5, 5.41) is 0. The Labute approximate surface area is 155 Å². The summed E-state index contributed by atoms with van der Waals surface area (Å²) >= 11 is 3.66. The zero-order chi connectivity index (χ0) is 16.7. The lowest BCUT2D eigenvalue weighted by Crippen LogP contribution is -2.22. The van der Waals surface area contributed by atoms with Gasteiger partial charge in [0.25, 0.3) is 5.56 Å². The minimum Gasteiger partial charge on any atom is -0.493 e. The highest BCUT2D eigenvalue weighted by atomic mass is 127. The molecular weight excluding hydrogens is 435 g/mol. The third kappa shape index (κ3) is 2.59. The molecule has 24 heavy (non-hydrogen) atoms. The molecule has 0 aliphatic rings. The summed E-state index contributed by atoms with van der Waals surface area (Å²) in [6, 6.07) is 13.6. The van der Waals surface area contributed by atoms with Crippen molar-refractivity contribution in [3.05, 3.63) is 66.5 Å². The van der Waals surface area contributed by atoms with Gasteiger partial charge in [0, 0.05) is 0 Å². The minimum absolute atomic E-state index is 0.0207. The number of ether oxygens (including phenoxy) is 1. The summed E-state index contributed by atoms with van der Waals surface area (Å²) in [5.74, 6) is 0.865. The van der Waals surface area contributed by atoms with E-state index in [1.165, 1.54) is 11.3 Å². The number of hydrogen-bond donors (Lipinski definition) is 0. The van der Waals surface area contributed by atoms with Crippen molar-refractivity contribution >= 4 is 56.0 Å². The molecule has 0 aliphatic heterocycles. The second-order valence-electron chi connectivity index (χ2n) is 5.26. The van der Waals surface area contributed by atoms with Crippen molar-refractivity contribution in [3.8, 4) is 5.75 Å². The predicted octanol–water partition coefficient (Wildman–Crippen LogP) is 3.46. The molecule has 2 aromatic carbocycles. The topological polar surface area (TPSA) is 43.6 Å². The van der Waals surface area contributed by atoms with Crippen LogP contribution in [0.15, 0.2) is 47.3 Å². The van der Waals surface area contributed by atoms with Gasteiger partial charge in [0.2, 0.25) is 0 Å². The fourth-order valence-electron chi connectivity index (χ4n) is 2.64. The summed E-state index contributed by atoms with van der Waals surface area (Å²) in [6.07, 6.45) is 1.91. The Morgan fingerprint density at radius 1 is 1.29 bits per heavy atom. The van der Waals surface area contributed by atoms with Crippen LogP contribution < -0.4 is 14.8 Å². The summed E-state index contributed by atoms with van der Waals surface area (Å²) in [5.41, 5.74) is 2.67. The van der Waals surface area contributed by atoms with E-state index in [1.807, 2.05) is 55.5 Å². The van der Waals surface area contributed by atoms with Gasteiger partial charge in [-0.3, -0.25) is 4.79 Å². The zero-order valence-electron chi connectivity index (χ0n) is 12.8. The van der Waals surface area contributed by atoms with E-state index in [1.54, 1.807) is 4.40 Å². The van der Waals surface area contributed by atoms with Gasteiger partial charge in [-0.1, -0.05) is 29.5 Å². The average molecular weight is 448 g/mol. The number of hydrogen-bond acceptors (Lipinski definition) is 4. The van der Waals surface area contributed by atoms with Crippen LogP contribution in [0, 0.1) is 3.57 Å².